The first-order valence-corrected chi connectivity index (χ1v) is 11.5. The highest BCUT2D eigenvalue weighted by Gasteiger charge is 2.17. The molecule has 2 aromatic carbocycles. The van der Waals surface area contributed by atoms with Crippen molar-refractivity contribution in [3.8, 4) is 17.2 Å². The number of carboxylic acid groups (broad SMARTS) is 1. The number of pyridine rings is 1. The molecule has 1 heterocycles. The molecule has 6 nitrogen and oxygen atoms in total. The van der Waals surface area contributed by atoms with E-state index in [1.54, 1.807) is 24.3 Å². The lowest BCUT2D eigenvalue weighted by Crippen LogP contribution is -2.18. The second-order valence-electron chi connectivity index (χ2n) is 7.35. The third-order valence-corrected chi connectivity index (χ3v) is 5.73. The van der Waals surface area contributed by atoms with E-state index in [0.29, 0.717) is 23.6 Å². The molecular weight excluding hydrogens is 481 g/mol. The van der Waals surface area contributed by atoms with Crippen molar-refractivity contribution < 1.29 is 23.8 Å². The molecule has 0 fully saturated rings. The molecular formula is C24H25BrFNO5. The third kappa shape index (κ3) is 5.48. The van der Waals surface area contributed by atoms with Gasteiger partial charge >= 0.3 is 5.97 Å². The second-order valence-corrected chi connectivity index (χ2v) is 8.14. The number of ether oxygens (including phenoxy) is 2. The fraction of sp³-hybridized carbons (Fsp3) is 0.333. The van der Waals surface area contributed by atoms with E-state index in [2.05, 4.69) is 15.9 Å². The van der Waals surface area contributed by atoms with Crippen LogP contribution in [0.2, 0.25) is 0 Å². The molecule has 0 aliphatic heterocycles. The van der Waals surface area contributed by atoms with Crippen LogP contribution in [0.4, 0.5) is 4.39 Å². The van der Waals surface area contributed by atoms with Gasteiger partial charge in [0.25, 0.3) is 0 Å². The zero-order valence-electron chi connectivity index (χ0n) is 17.8. The van der Waals surface area contributed by atoms with E-state index in [1.165, 1.54) is 36.4 Å². The van der Waals surface area contributed by atoms with Crippen LogP contribution in [0.25, 0.3) is 16.6 Å². The Morgan fingerprint density at radius 2 is 1.84 bits per heavy atom. The predicted octanol–water partition coefficient (Wildman–Crippen LogP) is 5.56. The van der Waals surface area contributed by atoms with Crippen LogP contribution >= 0.6 is 15.9 Å². The number of rotatable bonds is 11. The van der Waals surface area contributed by atoms with Crippen molar-refractivity contribution >= 4 is 32.8 Å². The minimum Gasteiger partial charge on any atom is -0.494 e. The van der Waals surface area contributed by atoms with E-state index in [4.69, 9.17) is 9.47 Å². The highest BCUT2D eigenvalue weighted by Crippen LogP contribution is 2.26. The van der Waals surface area contributed by atoms with Crippen LogP contribution in [0.15, 0.2) is 47.4 Å². The highest BCUT2D eigenvalue weighted by atomic mass is 79.9. The number of hydrogen-bond acceptors (Lipinski definition) is 4. The molecule has 0 aliphatic carbocycles. The molecule has 0 radical (unpaired) electrons. The zero-order chi connectivity index (χ0) is 23.1. The first kappa shape index (κ1) is 23.8. The summed E-state index contributed by atoms with van der Waals surface area (Å²) >= 11 is 3.43. The number of unbranched alkanes of at least 4 members (excludes halogenated alkanes) is 4. The van der Waals surface area contributed by atoms with Crippen LogP contribution in [0.1, 0.15) is 42.5 Å². The van der Waals surface area contributed by atoms with Gasteiger partial charge in [-0.25, -0.2) is 9.18 Å². The molecule has 0 saturated heterocycles. The number of aromatic nitrogens is 1. The van der Waals surface area contributed by atoms with E-state index in [1.807, 2.05) is 0 Å². The van der Waals surface area contributed by atoms with Gasteiger partial charge < -0.3 is 19.1 Å². The lowest BCUT2D eigenvalue weighted by Gasteiger charge is -2.15. The number of nitrogens with zero attached hydrogens (tertiary/aromatic N) is 1. The summed E-state index contributed by atoms with van der Waals surface area (Å²) in [5.74, 6) is -1.32. The van der Waals surface area contributed by atoms with Gasteiger partial charge in [-0.2, -0.15) is 0 Å². The number of fused-ring (bicyclic) bond motifs is 1. The Morgan fingerprint density at radius 1 is 1.09 bits per heavy atom. The van der Waals surface area contributed by atoms with E-state index in [0.717, 1.165) is 31.0 Å². The zero-order valence-corrected chi connectivity index (χ0v) is 19.4. The van der Waals surface area contributed by atoms with E-state index in [-0.39, 0.29) is 11.1 Å². The van der Waals surface area contributed by atoms with Crippen molar-refractivity contribution in [3.63, 3.8) is 0 Å². The maximum atomic E-state index is 14.3. The minimum absolute atomic E-state index is 0.0673. The number of hydrogen-bond donors (Lipinski definition) is 1. The summed E-state index contributed by atoms with van der Waals surface area (Å²) in [4.78, 5) is 24.3. The normalized spacial score (nSPS) is 11.0. The fourth-order valence-corrected chi connectivity index (χ4v) is 3.88. The SMILES string of the molecule is COc1ccc(-n2cc(C(=O)O)c(=O)c3ccc(OCCCCCCCBr)cc32)cc1F. The Labute approximate surface area is 193 Å². The highest BCUT2D eigenvalue weighted by molar-refractivity contribution is 9.09. The smallest absolute Gasteiger partial charge is 0.341 e. The summed E-state index contributed by atoms with van der Waals surface area (Å²) in [5, 5.41) is 10.7. The molecule has 1 N–H and O–H groups in total. The molecule has 0 amide bonds. The lowest BCUT2D eigenvalue weighted by atomic mass is 10.1. The summed E-state index contributed by atoms with van der Waals surface area (Å²) in [6.45, 7) is 0.536. The van der Waals surface area contributed by atoms with Crippen LogP contribution in [-0.2, 0) is 0 Å². The predicted molar refractivity (Wildman–Crippen MR) is 125 cm³/mol. The Bertz CT molecular complexity index is 1160. The number of carboxylic acids is 1. The minimum atomic E-state index is -1.35. The Morgan fingerprint density at radius 3 is 2.53 bits per heavy atom. The molecule has 3 rings (SSSR count). The van der Waals surface area contributed by atoms with E-state index >= 15 is 0 Å². The molecule has 1 aromatic heterocycles. The third-order valence-electron chi connectivity index (χ3n) is 5.17. The number of aromatic carboxylic acids is 1. The van der Waals surface area contributed by atoms with Gasteiger partial charge in [-0.1, -0.05) is 35.2 Å². The van der Waals surface area contributed by atoms with Crippen LogP contribution in [-0.4, -0.2) is 34.7 Å². The summed E-state index contributed by atoms with van der Waals surface area (Å²) in [7, 11) is 1.36. The molecule has 0 atom stereocenters. The average molecular weight is 506 g/mol. The summed E-state index contributed by atoms with van der Waals surface area (Å²) in [5.41, 5.74) is -0.207. The second kappa shape index (κ2) is 11.1. The molecule has 0 bridgehead atoms. The topological polar surface area (TPSA) is 77.8 Å². The van der Waals surface area contributed by atoms with Crippen molar-refractivity contribution in [2.45, 2.75) is 32.1 Å². The molecule has 3 aromatic rings. The Hall–Kier alpha value is -2.87. The van der Waals surface area contributed by atoms with Gasteiger partial charge in [0.1, 0.15) is 11.3 Å². The number of alkyl halides is 1. The van der Waals surface area contributed by atoms with Gasteiger partial charge in [0.05, 0.1) is 19.2 Å². The first-order valence-electron chi connectivity index (χ1n) is 10.4. The van der Waals surface area contributed by atoms with Gasteiger partial charge in [0.2, 0.25) is 5.43 Å². The van der Waals surface area contributed by atoms with E-state index in [9.17, 15) is 19.1 Å². The molecule has 170 valence electrons. The average Bonchev–Trinajstić information content (AvgIpc) is 2.78. The van der Waals surface area contributed by atoms with Crippen molar-refractivity contribution in [3.05, 3.63) is 64.2 Å². The van der Waals surface area contributed by atoms with Crippen LogP contribution in [0.5, 0.6) is 11.5 Å². The molecule has 0 aliphatic rings. The molecule has 8 heteroatoms. The molecule has 0 unspecified atom stereocenters. The van der Waals surface area contributed by atoms with Gasteiger partial charge in [-0.05, 0) is 37.1 Å². The van der Waals surface area contributed by atoms with Crippen molar-refractivity contribution in [1.29, 1.82) is 0 Å². The summed E-state index contributed by atoms with van der Waals surface area (Å²) in [6, 6.07) is 9.15. The molecule has 0 saturated carbocycles. The van der Waals surface area contributed by atoms with Gasteiger partial charge in [0, 0.05) is 34.7 Å². The number of benzene rings is 2. The quantitative estimate of drug-likeness (QED) is 0.272. The largest absolute Gasteiger partial charge is 0.494 e. The van der Waals surface area contributed by atoms with Gasteiger partial charge in [-0.15, -0.1) is 0 Å². The molecule has 0 spiro atoms. The van der Waals surface area contributed by atoms with E-state index < -0.39 is 22.8 Å². The number of halogens is 2. The summed E-state index contributed by atoms with van der Waals surface area (Å²) in [6.07, 6.45) is 6.67. The van der Waals surface area contributed by atoms with Crippen LogP contribution < -0.4 is 14.9 Å². The standard InChI is InChI=1S/C24H25BrFNO5/c1-31-22-10-7-16(13-20(22)26)27-15-19(24(29)30)23(28)18-9-8-17(14-21(18)27)32-12-6-4-2-3-5-11-25/h7-10,13-15H,2-6,11-12H2,1H3,(H,29,30). The number of methoxy groups -OCH3 is 1. The molecule has 32 heavy (non-hydrogen) atoms. The van der Waals surface area contributed by atoms with Gasteiger partial charge in [-0.3, -0.25) is 4.79 Å². The maximum Gasteiger partial charge on any atom is 0.341 e. The Kier molecular flexibility index (Phi) is 8.27. The Balaban J connectivity index is 1.94. The fourth-order valence-electron chi connectivity index (χ4n) is 3.48. The maximum absolute atomic E-state index is 14.3. The van der Waals surface area contributed by atoms with Crippen LogP contribution in [0, 0.1) is 5.82 Å². The lowest BCUT2D eigenvalue weighted by molar-refractivity contribution is 0.0695. The van der Waals surface area contributed by atoms with Crippen LogP contribution in [0.3, 0.4) is 0 Å². The number of carbonyl (C=O) groups is 1. The van der Waals surface area contributed by atoms with Crippen molar-refractivity contribution in [2.75, 3.05) is 19.0 Å². The van der Waals surface area contributed by atoms with Crippen molar-refractivity contribution in [2.24, 2.45) is 0 Å². The van der Waals surface area contributed by atoms with Gasteiger partial charge in [0.15, 0.2) is 11.6 Å². The van der Waals surface area contributed by atoms with Crippen molar-refractivity contribution in [1.82, 2.24) is 4.57 Å². The first-order chi connectivity index (χ1) is 15.5. The monoisotopic (exact) mass is 505 g/mol. The summed E-state index contributed by atoms with van der Waals surface area (Å²) < 4.78 is 26.6.